The van der Waals surface area contributed by atoms with Gasteiger partial charge in [0.2, 0.25) is 5.56 Å². The van der Waals surface area contributed by atoms with Crippen molar-refractivity contribution in [2.24, 2.45) is 0 Å². The summed E-state index contributed by atoms with van der Waals surface area (Å²) < 4.78 is 5.48. The van der Waals surface area contributed by atoms with Gasteiger partial charge in [-0.1, -0.05) is 6.07 Å². The number of halogens is 1. The lowest BCUT2D eigenvalue weighted by molar-refractivity contribution is -0.0373. The van der Waals surface area contributed by atoms with Crippen LogP contribution in [0.4, 0.5) is 0 Å². The fourth-order valence-electron chi connectivity index (χ4n) is 1.92. The van der Waals surface area contributed by atoms with E-state index in [0.29, 0.717) is 24.7 Å². The Hall–Kier alpha value is -1.33. The highest BCUT2D eigenvalue weighted by atomic mass is 35.5. The monoisotopic (exact) mass is 270 g/mol. The third kappa shape index (κ3) is 2.73. The van der Waals surface area contributed by atoms with Crippen LogP contribution in [0.3, 0.4) is 0 Å². The fraction of sp³-hybridized carbons (Fsp3) is 0.500. The molecule has 0 aromatic carbocycles. The SMILES string of the molecule is CC1COC(CCl)CN1C(=O)c1cccc(=O)[nH]1. The Balaban J connectivity index is 2.19. The first-order valence-corrected chi connectivity index (χ1v) is 6.33. The number of hydrogen-bond acceptors (Lipinski definition) is 3. The summed E-state index contributed by atoms with van der Waals surface area (Å²) in [5, 5.41) is 0. The van der Waals surface area contributed by atoms with Crippen molar-refractivity contribution in [1.82, 2.24) is 9.88 Å². The van der Waals surface area contributed by atoms with E-state index in [9.17, 15) is 9.59 Å². The second kappa shape index (κ2) is 5.54. The molecule has 1 aromatic rings. The van der Waals surface area contributed by atoms with Crippen molar-refractivity contribution < 1.29 is 9.53 Å². The van der Waals surface area contributed by atoms with Crippen LogP contribution in [0.25, 0.3) is 0 Å². The maximum atomic E-state index is 12.3. The highest BCUT2D eigenvalue weighted by Crippen LogP contribution is 2.15. The van der Waals surface area contributed by atoms with Crippen molar-refractivity contribution in [3.05, 3.63) is 34.2 Å². The molecule has 0 aliphatic carbocycles. The number of carbonyl (C=O) groups is 1. The van der Waals surface area contributed by atoms with Crippen molar-refractivity contribution in [2.75, 3.05) is 19.0 Å². The first-order chi connectivity index (χ1) is 8.61. The minimum atomic E-state index is -0.282. The third-order valence-corrected chi connectivity index (χ3v) is 3.28. The van der Waals surface area contributed by atoms with Gasteiger partial charge in [-0.3, -0.25) is 9.59 Å². The average molecular weight is 271 g/mol. The zero-order valence-electron chi connectivity index (χ0n) is 10.1. The van der Waals surface area contributed by atoms with Gasteiger partial charge < -0.3 is 14.6 Å². The smallest absolute Gasteiger partial charge is 0.270 e. The standard InChI is InChI=1S/C12H15ClN2O3/c1-8-7-18-9(5-13)6-15(8)12(17)10-3-2-4-11(16)14-10/h2-4,8-9H,5-7H2,1H3,(H,14,16). The number of hydrogen-bond donors (Lipinski definition) is 1. The van der Waals surface area contributed by atoms with Crippen molar-refractivity contribution >= 4 is 17.5 Å². The number of amides is 1. The van der Waals surface area contributed by atoms with Crippen LogP contribution in [0.1, 0.15) is 17.4 Å². The summed E-state index contributed by atoms with van der Waals surface area (Å²) in [6.07, 6.45) is -0.151. The van der Waals surface area contributed by atoms with E-state index in [4.69, 9.17) is 16.3 Å². The Morgan fingerprint density at radius 1 is 1.61 bits per heavy atom. The van der Waals surface area contributed by atoms with Crippen molar-refractivity contribution in [1.29, 1.82) is 0 Å². The molecule has 1 aliphatic rings. The van der Waals surface area contributed by atoms with Gasteiger partial charge in [0.1, 0.15) is 5.69 Å². The van der Waals surface area contributed by atoms with Crippen LogP contribution >= 0.6 is 11.6 Å². The number of ether oxygens (including phenoxy) is 1. The number of H-pyrrole nitrogens is 1. The lowest BCUT2D eigenvalue weighted by Gasteiger charge is -2.37. The summed E-state index contributed by atoms with van der Waals surface area (Å²) in [6, 6.07) is 4.51. The zero-order valence-corrected chi connectivity index (χ0v) is 10.8. The molecule has 2 atom stereocenters. The number of rotatable bonds is 2. The molecule has 0 radical (unpaired) electrons. The number of nitrogens with one attached hydrogen (secondary N) is 1. The number of morpholine rings is 1. The molecule has 0 spiro atoms. The minimum absolute atomic E-state index is 0.0272. The summed E-state index contributed by atoms with van der Waals surface area (Å²) in [6.45, 7) is 2.81. The second-order valence-corrected chi connectivity index (χ2v) is 4.65. The topological polar surface area (TPSA) is 62.4 Å². The van der Waals surface area contributed by atoms with Gasteiger partial charge in [0.05, 0.1) is 24.6 Å². The molecule has 1 saturated heterocycles. The average Bonchev–Trinajstić information content (AvgIpc) is 2.38. The highest BCUT2D eigenvalue weighted by molar-refractivity contribution is 6.18. The van der Waals surface area contributed by atoms with E-state index in [-0.39, 0.29) is 23.6 Å². The molecule has 18 heavy (non-hydrogen) atoms. The second-order valence-electron chi connectivity index (χ2n) is 4.34. The molecule has 98 valence electrons. The van der Waals surface area contributed by atoms with Gasteiger partial charge in [-0.15, -0.1) is 11.6 Å². The maximum Gasteiger partial charge on any atom is 0.270 e. The Kier molecular flexibility index (Phi) is 4.04. The van der Waals surface area contributed by atoms with Gasteiger partial charge in [-0.05, 0) is 13.0 Å². The van der Waals surface area contributed by atoms with E-state index < -0.39 is 0 Å². The van der Waals surface area contributed by atoms with E-state index in [2.05, 4.69) is 4.98 Å². The molecule has 1 N–H and O–H groups in total. The lowest BCUT2D eigenvalue weighted by atomic mass is 10.2. The summed E-state index contributed by atoms with van der Waals surface area (Å²) in [5.41, 5.74) is 0.0141. The van der Waals surface area contributed by atoms with Gasteiger partial charge in [-0.25, -0.2) is 0 Å². The van der Waals surface area contributed by atoms with Crippen molar-refractivity contribution in [3.8, 4) is 0 Å². The summed E-state index contributed by atoms with van der Waals surface area (Å²) in [7, 11) is 0. The molecule has 1 amide bonds. The molecule has 1 aliphatic heterocycles. The number of alkyl halides is 1. The van der Waals surface area contributed by atoms with Gasteiger partial charge in [0.25, 0.3) is 5.91 Å². The number of nitrogens with zero attached hydrogens (tertiary/aromatic N) is 1. The molecule has 5 nitrogen and oxygen atoms in total. The van der Waals surface area contributed by atoms with Crippen molar-refractivity contribution in [2.45, 2.75) is 19.1 Å². The van der Waals surface area contributed by atoms with E-state index in [1.807, 2.05) is 6.92 Å². The molecule has 2 rings (SSSR count). The van der Waals surface area contributed by atoms with Crippen LogP contribution in [-0.4, -0.2) is 47.0 Å². The lowest BCUT2D eigenvalue weighted by Crippen LogP contribution is -2.51. The molecular formula is C12H15ClN2O3. The van der Waals surface area contributed by atoms with Crippen LogP contribution < -0.4 is 5.56 Å². The quantitative estimate of drug-likeness (QED) is 0.810. The molecule has 1 fully saturated rings. The van der Waals surface area contributed by atoms with Crippen LogP contribution in [0, 0.1) is 0 Å². The number of aromatic nitrogens is 1. The Morgan fingerprint density at radius 2 is 2.39 bits per heavy atom. The Morgan fingerprint density at radius 3 is 3.06 bits per heavy atom. The number of carbonyl (C=O) groups excluding carboxylic acids is 1. The van der Waals surface area contributed by atoms with Crippen LogP contribution in [-0.2, 0) is 4.74 Å². The largest absolute Gasteiger partial charge is 0.373 e. The van der Waals surface area contributed by atoms with Crippen LogP contribution in [0.15, 0.2) is 23.0 Å². The first-order valence-electron chi connectivity index (χ1n) is 5.79. The van der Waals surface area contributed by atoms with E-state index >= 15 is 0 Å². The molecule has 2 heterocycles. The first kappa shape index (κ1) is 13.1. The third-order valence-electron chi connectivity index (χ3n) is 2.94. The fourth-order valence-corrected chi connectivity index (χ4v) is 2.11. The van der Waals surface area contributed by atoms with Gasteiger partial charge in [0.15, 0.2) is 0 Å². The Labute approximate surface area is 110 Å². The van der Waals surface area contributed by atoms with Crippen LogP contribution in [0.5, 0.6) is 0 Å². The van der Waals surface area contributed by atoms with Gasteiger partial charge in [0, 0.05) is 12.6 Å². The van der Waals surface area contributed by atoms with E-state index in [1.54, 1.807) is 17.0 Å². The molecule has 0 saturated carbocycles. The van der Waals surface area contributed by atoms with Crippen molar-refractivity contribution in [3.63, 3.8) is 0 Å². The van der Waals surface area contributed by atoms with Gasteiger partial charge >= 0.3 is 0 Å². The predicted molar refractivity (Wildman–Crippen MR) is 68.0 cm³/mol. The van der Waals surface area contributed by atoms with Gasteiger partial charge in [-0.2, -0.15) is 0 Å². The predicted octanol–water partition coefficient (Wildman–Crippen LogP) is 0.843. The number of aromatic amines is 1. The zero-order chi connectivity index (χ0) is 13.1. The normalized spacial score (nSPS) is 24.0. The maximum absolute atomic E-state index is 12.3. The molecule has 2 unspecified atom stereocenters. The Bertz CT molecular complexity index is 488. The van der Waals surface area contributed by atoms with Crippen LogP contribution in [0.2, 0.25) is 0 Å². The molecule has 6 heteroatoms. The number of pyridine rings is 1. The summed E-state index contributed by atoms with van der Waals surface area (Å²) in [4.78, 5) is 27.7. The van der Waals surface area contributed by atoms with E-state index in [1.165, 1.54) is 6.07 Å². The summed E-state index contributed by atoms with van der Waals surface area (Å²) in [5.74, 6) is 0.153. The molecular weight excluding hydrogens is 256 g/mol. The van der Waals surface area contributed by atoms with E-state index in [0.717, 1.165) is 0 Å². The molecule has 0 bridgehead atoms. The summed E-state index contributed by atoms with van der Waals surface area (Å²) >= 11 is 5.75. The highest BCUT2D eigenvalue weighted by Gasteiger charge is 2.30. The minimum Gasteiger partial charge on any atom is -0.373 e. The molecule has 1 aromatic heterocycles.